The maximum absolute atomic E-state index is 14.4. The molecule has 0 aromatic heterocycles. The Morgan fingerprint density at radius 1 is 0.939 bits per heavy atom. The highest BCUT2D eigenvalue weighted by Gasteiger charge is 2.53. The molecule has 4 aliphatic rings. The molecule has 4 rings (SSSR count). The zero-order chi connectivity index (χ0) is 48.9. The van der Waals surface area contributed by atoms with Gasteiger partial charge in [0.25, 0.3) is 11.7 Å². The molecule has 3 fully saturated rings. The van der Waals surface area contributed by atoms with Crippen LogP contribution >= 0.6 is 12.0 Å². The molecule has 15 heteroatoms. The predicted octanol–water partition coefficient (Wildman–Crippen LogP) is 6.91. The monoisotopic (exact) mass is 944 g/mol. The Kier molecular flexibility index (Phi) is 21.7. The second-order valence-corrected chi connectivity index (χ2v) is 20.2. The molecule has 1 saturated carbocycles. The van der Waals surface area contributed by atoms with E-state index in [9.17, 15) is 43.8 Å². The highest BCUT2D eigenvalue weighted by atomic mass is 32.2. The Labute approximate surface area is 396 Å². The molecular formula is C51H77NO13S. The normalized spacial score (nSPS) is 39.9. The number of aliphatic hydroxyl groups is 3. The molecule has 15 atom stereocenters. The number of Topliss-reactive ketones (excluding diaryl/α,β-unsaturated/α-hetero) is 3. The molecule has 3 aliphatic heterocycles. The Morgan fingerprint density at radius 2 is 1.67 bits per heavy atom. The first kappa shape index (κ1) is 55.3. The van der Waals surface area contributed by atoms with Crippen molar-refractivity contribution in [3.63, 3.8) is 0 Å². The zero-order valence-corrected chi connectivity index (χ0v) is 41.2. The summed E-state index contributed by atoms with van der Waals surface area (Å²) in [7, 11) is 2.92. The molecular weight excluding hydrogens is 867 g/mol. The van der Waals surface area contributed by atoms with Crippen molar-refractivity contribution in [1.82, 2.24) is 4.90 Å². The number of aliphatic hydroxyl groups excluding tert-OH is 2. The number of cyclic esters (lactones) is 1. The number of hydrogen-bond acceptors (Lipinski definition) is 14. The molecule has 370 valence electrons. The molecule has 1 amide bonds. The van der Waals surface area contributed by atoms with Gasteiger partial charge in [0.15, 0.2) is 5.78 Å². The Morgan fingerprint density at radius 3 is 2.33 bits per heavy atom. The summed E-state index contributed by atoms with van der Waals surface area (Å²) in [5.41, 5.74) is 1.16. The second-order valence-electron chi connectivity index (χ2n) is 19.4. The molecule has 4 N–H and O–H groups in total. The number of ether oxygens (including phenoxy) is 4. The number of carbonyl (C=O) groups excluding carboxylic acids is 5. The highest BCUT2D eigenvalue weighted by molar-refractivity contribution is 7.94. The summed E-state index contributed by atoms with van der Waals surface area (Å²) in [6, 6.07) is -1.16. The summed E-state index contributed by atoms with van der Waals surface area (Å²) in [6.45, 7) is 14.5. The molecule has 66 heavy (non-hydrogen) atoms. The van der Waals surface area contributed by atoms with Gasteiger partial charge in [-0.25, -0.2) is 4.79 Å². The van der Waals surface area contributed by atoms with Crippen LogP contribution in [0.4, 0.5) is 0 Å². The number of ketones is 3. The van der Waals surface area contributed by atoms with Gasteiger partial charge in [-0.3, -0.25) is 19.2 Å². The van der Waals surface area contributed by atoms with Gasteiger partial charge in [-0.2, -0.15) is 0 Å². The van der Waals surface area contributed by atoms with Gasteiger partial charge in [-0.1, -0.05) is 75.8 Å². The highest BCUT2D eigenvalue weighted by Crippen LogP contribution is 2.38. The van der Waals surface area contributed by atoms with Crippen molar-refractivity contribution < 1.29 is 62.8 Å². The van der Waals surface area contributed by atoms with Crippen molar-refractivity contribution in [1.29, 1.82) is 0 Å². The van der Waals surface area contributed by atoms with E-state index in [4.69, 9.17) is 18.9 Å². The summed E-state index contributed by atoms with van der Waals surface area (Å²) in [5.74, 6) is -8.52. The molecule has 0 spiro atoms. The smallest absolute Gasteiger partial charge is 0.329 e. The standard InChI is InChI=1S/C51H77NO13S/c1-10-36-17-13-11-12-16-30(2)44(66-61)28-38-21-19-35(7)51(60,65-38)48(57)49(58)52-23-15-14-18-39(52)50(59)64-42(32(4)25-37-20-22-40(53)43(27-37)62-8)29-41(54)31(3)24-33(5)45(55)47(63-9)46(56)34(6)26-36/h10-13,16-17,24,31-32,34-40,42-45,47,53,55,60-61H,1,14-15,18-23,25-29H2,2-9H3/b12-11+,17-13+,30-16+,33-24+/t31-,32-,34-,35-,36-,37+,38+,39+,40-,42+,43-,44?,45-,47-,51-/m1/s1. The minimum atomic E-state index is -2.47. The maximum Gasteiger partial charge on any atom is 0.329 e. The van der Waals surface area contributed by atoms with Crippen molar-refractivity contribution >= 4 is 41.3 Å². The van der Waals surface area contributed by atoms with Crippen molar-refractivity contribution in [3.8, 4) is 0 Å². The largest absolute Gasteiger partial charge is 0.460 e. The number of hydrogen-bond donors (Lipinski definition) is 4. The lowest BCUT2D eigenvalue weighted by molar-refractivity contribution is -0.263. The van der Waals surface area contributed by atoms with E-state index in [1.165, 1.54) is 12.0 Å². The Balaban J connectivity index is 1.72. The average Bonchev–Trinajstić information content (AvgIpc) is 3.30. The summed E-state index contributed by atoms with van der Waals surface area (Å²) in [6.07, 6.45) is 12.4. The first-order valence-corrected chi connectivity index (χ1v) is 24.7. The van der Waals surface area contributed by atoms with Crippen LogP contribution in [0.2, 0.25) is 0 Å². The lowest BCUT2D eigenvalue weighted by Crippen LogP contribution is -2.60. The van der Waals surface area contributed by atoms with Crippen LogP contribution in [0.3, 0.4) is 0 Å². The lowest BCUT2D eigenvalue weighted by atomic mass is 9.78. The SMILES string of the molecule is C=C[C@@H]1/C=C/C=C/C=C(\C)C(SO)C[C@@H]2CC[C@@H](C)[C@@](O)(O2)C(=O)C(=O)N2CCCC[C@H]2C(=O)O[C@H]([C@H](C)C[C@@H]2CC[C@@H](O)[C@H](OC)C2)CC(=O)[C@H](C)/C=C(\C)[C@@H](O)[C@@H](OC)C(=O)[C@H](C)C1. The molecule has 0 aromatic carbocycles. The number of allylic oxidation sites excluding steroid dienone is 7. The van der Waals surface area contributed by atoms with Gasteiger partial charge in [0.05, 0.1) is 23.6 Å². The minimum Gasteiger partial charge on any atom is -0.460 e. The van der Waals surface area contributed by atoms with Gasteiger partial charge in [-0.15, -0.1) is 6.58 Å². The van der Waals surface area contributed by atoms with Gasteiger partial charge in [0.1, 0.15) is 30.1 Å². The molecule has 2 bridgehead atoms. The fraction of sp³-hybridized carbons (Fsp3) is 0.706. The average molecular weight is 944 g/mol. The molecule has 3 heterocycles. The van der Waals surface area contributed by atoms with Crippen molar-refractivity contribution in [2.24, 2.45) is 35.5 Å². The molecule has 0 aromatic rings. The molecule has 2 saturated heterocycles. The van der Waals surface area contributed by atoms with E-state index in [-0.39, 0.29) is 61.2 Å². The maximum atomic E-state index is 14.4. The number of amides is 1. The number of piperidine rings is 1. The zero-order valence-electron chi connectivity index (χ0n) is 40.3. The number of methoxy groups -OCH3 is 2. The van der Waals surface area contributed by atoms with Gasteiger partial charge in [0, 0.05) is 44.9 Å². The van der Waals surface area contributed by atoms with Crippen LogP contribution < -0.4 is 0 Å². The molecule has 1 aliphatic carbocycles. The van der Waals surface area contributed by atoms with E-state index in [0.717, 1.165) is 5.57 Å². The third-order valence-corrected chi connectivity index (χ3v) is 15.3. The summed E-state index contributed by atoms with van der Waals surface area (Å²) in [4.78, 5) is 71.8. The van der Waals surface area contributed by atoms with Crippen LogP contribution in [0.25, 0.3) is 0 Å². The van der Waals surface area contributed by atoms with E-state index in [0.29, 0.717) is 75.4 Å². The van der Waals surface area contributed by atoms with Crippen molar-refractivity contribution in [2.45, 2.75) is 172 Å². The Hall–Kier alpha value is -3.28. The van der Waals surface area contributed by atoms with Gasteiger partial charge >= 0.3 is 5.97 Å². The number of esters is 1. The van der Waals surface area contributed by atoms with Crippen LogP contribution in [0.1, 0.15) is 119 Å². The second kappa shape index (κ2) is 25.9. The fourth-order valence-electron chi connectivity index (χ4n) is 9.94. The van der Waals surface area contributed by atoms with E-state index in [1.54, 1.807) is 47.0 Å². The quantitative estimate of drug-likeness (QED) is 0.0887. The first-order valence-electron chi connectivity index (χ1n) is 23.9. The fourth-order valence-corrected chi connectivity index (χ4v) is 10.5. The van der Waals surface area contributed by atoms with Crippen LogP contribution in [0, 0.1) is 35.5 Å². The topological polar surface area (TPSA) is 206 Å². The lowest BCUT2D eigenvalue weighted by Gasteiger charge is -2.42. The number of fused-ring (bicyclic) bond motifs is 3. The molecule has 0 radical (unpaired) electrons. The molecule has 1 unspecified atom stereocenters. The van der Waals surface area contributed by atoms with Crippen LogP contribution in [-0.2, 0) is 42.9 Å². The third kappa shape index (κ3) is 14.4. The van der Waals surface area contributed by atoms with Gasteiger partial charge in [-0.05, 0) is 120 Å². The van der Waals surface area contributed by atoms with E-state index >= 15 is 0 Å². The third-order valence-electron chi connectivity index (χ3n) is 14.4. The van der Waals surface area contributed by atoms with E-state index in [2.05, 4.69) is 6.58 Å². The number of carbonyl (C=O) groups is 5. The molecule has 14 nitrogen and oxygen atoms in total. The van der Waals surface area contributed by atoms with E-state index in [1.807, 2.05) is 44.2 Å². The van der Waals surface area contributed by atoms with Gasteiger partial charge < -0.3 is 43.7 Å². The van der Waals surface area contributed by atoms with E-state index < -0.39 is 83.0 Å². The Bertz CT molecular complexity index is 1810. The van der Waals surface area contributed by atoms with Gasteiger partial charge in [0.2, 0.25) is 5.79 Å². The number of rotatable bonds is 7. The predicted molar refractivity (Wildman–Crippen MR) is 253 cm³/mol. The summed E-state index contributed by atoms with van der Waals surface area (Å²) < 4.78 is 33.8. The van der Waals surface area contributed by atoms with Crippen molar-refractivity contribution in [2.75, 3.05) is 20.8 Å². The van der Waals surface area contributed by atoms with Crippen molar-refractivity contribution in [3.05, 3.63) is 60.3 Å². The van der Waals surface area contributed by atoms with Crippen LogP contribution in [-0.4, -0.2) is 128 Å². The first-order chi connectivity index (χ1) is 31.3. The van der Waals surface area contributed by atoms with Crippen LogP contribution in [0.15, 0.2) is 60.3 Å². The van der Waals surface area contributed by atoms with Crippen LogP contribution in [0.5, 0.6) is 0 Å². The number of nitrogens with zero attached hydrogens (tertiary/aromatic N) is 1. The summed E-state index contributed by atoms with van der Waals surface area (Å²) >= 11 is 0.621. The summed E-state index contributed by atoms with van der Waals surface area (Å²) in [5, 5.41) is 33.4. The minimum absolute atomic E-state index is 0.0670.